The van der Waals surface area contributed by atoms with Gasteiger partial charge in [-0.1, -0.05) is 71.4 Å². The molecular formula is C48H75N3O5S2. The second-order valence-electron chi connectivity index (χ2n) is 20.9. The van der Waals surface area contributed by atoms with Crippen LogP contribution in [-0.4, -0.2) is 77.1 Å². The Balaban J connectivity index is 1.03. The van der Waals surface area contributed by atoms with Crippen LogP contribution in [-0.2, 0) is 19.9 Å². The predicted octanol–water partition coefficient (Wildman–Crippen LogP) is 9.05. The maximum atomic E-state index is 12.8. The third kappa shape index (κ3) is 8.44. The van der Waals surface area contributed by atoms with Crippen LogP contribution in [0.3, 0.4) is 0 Å². The topological polar surface area (TPSA) is 113 Å². The van der Waals surface area contributed by atoms with E-state index in [1.807, 2.05) is 12.1 Å². The summed E-state index contributed by atoms with van der Waals surface area (Å²) in [7, 11) is -6.43. The van der Waals surface area contributed by atoms with Gasteiger partial charge in [-0.2, -0.15) is 0 Å². The summed E-state index contributed by atoms with van der Waals surface area (Å²) in [5.74, 6) is 3.29. The number of fused-ring (bicyclic) bond motifs is 3. The van der Waals surface area contributed by atoms with E-state index in [2.05, 4.69) is 69.1 Å². The smallest absolute Gasteiger partial charge is 0.264 e. The molecule has 1 saturated heterocycles. The Hall–Kier alpha value is -2.01. The molecule has 2 N–H and O–H groups in total. The molecule has 0 aromatic heterocycles. The summed E-state index contributed by atoms with van der Waals surface area (Å²) in [6.07, 6.45) is 18.5. The lowest BCUT2D eigenvalue weighted by Crippen LogP contribution is -2.60. The molecule has 1 aromatic rings. The van der Waals surface area contributed by atoms with Crippen LogP contribution in [0, 0.1) is 51.2 Å². The summed E-state index contributed by atoms with van der Waals surface area (Å²) < 4.78 is 50.9. The highest BCUT2D eigenvalue weighted by Crippen LogP contribution is 2.72. The number of carbonyl (C=O) groups is 1. The molecule has 8 nitrogen and oxygen atoms in total. The summed E-state index contributed by atoms with van der Waals surface area (Å²) in [6.45, 7) is 24.0. The van der Waals surface area contributed by atoms with Crippen LogP contribution in [0.5, 0.6) is 0 Å². The number of benzene rings is 1. The van der Waals surface area contributed by atoms with Crippen molar-refractivity contribution in [3.8, 4) is 0 Å². The molecule has 1 aromatic carbocycles. The number of sulfone groups is 1. The molecule has 0 bridgehead atoms. The number of nitrogens with one attached hydrogen (secondary N) is 2. The molecule has 5 aliphatic carbocycles. The minimum atomic E-state index is -3.59. The molecule has 7 rings (SSSR count). The minimum Gasteiger partial charge on any atom is -0.316 e. The summed E-state index contributed by atoms with van der Waals surface area (Å²) in [5, 5.41) is 3.55. The molecule has 0 radical (unpaired) electrons. The van der Waals surface area contributed by atoms with E-state index in [-0.39, 0.29) is 16.2 Å². The van der Waals surface area contributed by atoms with Gasteiger partial charge >= 0.3 is 0 Å². The number of amides is 1. The van der Waals surface area contributed by atoms with Crippen LogP contribution in [0.25, 0.3) is 5.57 Å². The van der Waals surface area contributed by atoms with Gasteiger partial charge in [0, 0.05) is 25.2 Å². The van der Waals surface area contributed by atoms with Crippen molar-refractivity contribution in [2.24, 2.45) is 51.2 Å². The third-order valence-electron chi connectivity index (χ3n) is 17.6. The Morgan fingerprint density at radius 2 is 1.64 bits per heavy atom. The summed E-state index contributed by atoms with van der Waals surface area (Å²) in [6, 6.07) is 7.61. The van der Waals surface area contributed by atoms with Crippen molar-refractivity contribution in [3.63, 3.8) is 0 Å². The summed E-state index contributed by atoms with van der Waals surface area (Å²) in [5.41, 5.74) is 5.06. The molecule has 1 aliphatic heterocycles. The van der Waals surface area contributed by atoms with E-state index >= 15 is 0 Å². The zero-order chi connectivity index (χ0) is 41.7. The lowest BCUT2D eigenvalue weighted by atomic mass is 9.39. The quantitative estimate of drug-likeness (QED) is 0.134. The van der Waals surface area contributed by atoms with Gasteiger partial charge in [-0.15, -0.1) is 0 Å². The van der Waals surface area contributed by atoms with Crippen molar-refractivity contribution in [1.82, 2.24) is 14.9 Å². The normalized spacial score (nSPS) is 36.0. The maximum Gasteiger partial charge on any atom is 0.264 e. The minimum absolute atomic E-state index is 0.0278. The monoisotopic (exact) mass is 838 g/mol. The molecule has 4 saturated carbocycles. The van der Waals surface area contributed by atoms with E-state index in [1.54, 1.807) is 12.1 Å². The van der Waals surface area contributed by atoms with E-state index in [0.717, 1.165) is 44.0 Å². The molecule has 58 heavy (non-hydrogen) atoms. The predicted molar refractivity (Wildman–Crippen MR) is 238 cm³/mol. The number of nitrogens with zero attached hydrogens (tertiary/aromatic N) is 1. The van der Waals surface area contributed by atoms with Gasteiger partial charge in [-0.05, 0) is 178 Å². The number of rotatable bonds is 15. The Bertz CT molecular complexity index is 1920. The van der Waals surface area contributed by atoms with Crippen LogP contribution in [0.4, 0.5) is 0 Å². The van der Waals surface area contributed by atoms with Gasteiger partial charge in [-0.3, -0.25) is 4.79 Å². The second kappa shape index (κ2) is 16.7. The molecule has 8 atom stereocenters. The van der Waals surface area contributed by atoms with Crippen LogP contribution in [0.2, 0.25) is 0 Å². The molecule has 10 heteroatoms. The van der Waals surface area contributed by atoms with Crippen molar-refractivity contribution < 1.29 is 21.6 Å². The fourth-order valence-corrected chi connectivity index (χ4v) is 16.2. The first-order chi connectivity index (χ1) is 27.4. The van der Waals surface area contributed by atoms with E-state index in [9.17, 15) is 21.6 Å². The highest BCUT2D eigenvalue weighted by molar-refractivity contribution is 7.91. The first kappa shape index (κ1) is 44.1. The largest absolute Gasteiger partial charge is 0.316 e. The van der Waals surface area contributed by atoms with Gasteiger partial charge in [0.2, 0.25) is 10.0 Å². The fraction of sp³-hybridized carbons (Fsp3) is 0.771. The van der Waals surface area contributed by atoms with Crippen molar-refractivity contribution in [2.75, 3.05) is 44.2 Å². The molecule has 324 valence electrons. The zero-order valence-electron chi connectivity index (χ0n) is 36.7. The summed E-state index contributed by atoms with van der Waals surface area (Å²) in [4.78, 5) is 15.2. The van der Waals surface area contributed by atoms with Gasteiger partial charge in [0.1, 0.15) is 0 Å². The number of hydrogen-bond acceptors (Lipinski definition) is 7. The molecule has 1 heterocycles. The molecule has 6 aliphatic rings. The van der Waals surface area contributed by atoms with Crippen molar-refractivity contribution in [3.05, 3.63) is 53.6 Å². The number of allylic oxidation sites excluding steroid dienone is 3. The Kier molecular flexibility index (Phi) is 12.7. The Morgan fingerprint density at radius 1 is 0.931 bits per heavy atom. The molecular weight excluding hydrogens is 763 g/mol. The molecule has 0 unspecified atom stereocenters. The van der Waals surface area contributed by atoms with Crippen molar-refractivity contribution in [1.29, 1.82) is 0 Å². The first-order valence-electron chi connectivity index (χ1n) is 23.0. The average molecular weight is 838 g/mol. The summed E-state index contributed by atoms with van der Waals surface area (Å²) >= 11 is 0. The standard InChI is InChI=1S/C48H75N3O5S2/c1-8-37-17-20-42-43-40(34(2)3)22-24-48(43,33-49-27-10-28-51-29-31-57(53,54)32-30-51)26-25-47(42,7)46(37,6)23-21-38-11-9-12-41(45(38,4)5)35-13-15-36(16-14-35)44(52)50-58(55,56)39-18-19-39/h12-16,37-40,42-43,49H,2,8-11,17-33H2,1,3-7H3,(H,50,52)/t37-,38-,40-,42+,43+,46+,47+,48+/m0/s1. The van der Waals surface area contributed by atoms with Crippen molar-refractivity contribution >= 4 is 31.3 Å². The molecule has 0 spiro atoms. The lowest BCUT2D eigenvalue weighted by Gasteiger charge is -2.66. The number of hydrogen-bond donors (Lipinski definition) is 2. The SMILES string of the molecule is C=C(C)[C@@H]1CC[C@]2(CNCCCN3CCS(=O)(=O)CC3)CC[C@]3(C)[C@H](CC[C@H](CC)[C@@]3(C)CC[C@@H]3CCC=C(c4ccc(C(=O)NS(=O)(=O)C5CC5)cc4)C3(C)C)[C@@H]12. The third-order valence-corrected chi connectivity index (χ3v) is 21.1. The lowest BCUT2D eigenvalue weighted by molar-refractivity contribution is -0.169. The van der Waals surface area contributed by atoms with Crippen LogP contribution >= 0.6 is 0 Å². The van der Waals surface area contributed by atoms with Gasteiger partial charge in [0.05, 0.1) is 16.8 Å². The highest BCUT2D eigenvalue weighted by Gasteiger charge is 2.65. The first-order valence-corrected chi connectivity index (χ1v) is 26.4. The van der Waals surface area contributed by atoms with E-state index in [4.69, 9.17) is 0 Å². The van der Waals surface area contributed by atoms with E-state index in [1.165, 1.54) is 75.4 Å². The highest BCUT2D eigenvalue weighted by atomic mass is 32.2. The van der Waals surface area contributed by atoms with E-state index < -0.39 is 31.0 Å². The molecule has 5 fully saturated rings. The van der Waals surface area contributed by atoms with Gasteiger partial charge < -0.3 is 10.2 Å². The van der Waals surface area contributed by atoms with Gasteiger partial charge in [0.15, 0.2) is 9.84 Å². The second-order valence-corrected chi connectivity index (χ2v) is 25.2. The maximum absolute atomic E-state index is 12.8. The van der Waals surface area contributed by atoms with E-state index in [0.29, 0.717) is 72.1 Å². The van der Waals surface area contributed by atoms with Crippen molar-refractivity contribution in [2.45, 2.75) is 137 Å². The zero-order valence-corrected chi connectivity index (χ0v) is 38.3. The number of sulfonamides is 1. The van der Waals surface area contributed by atoms with Crippen LogP contribution in [0.15, 0.2) is 42.5 Å². The van der Waals surface area contributed by atoms with Gasteiger partial charge in [0.25, 0.3) is 5.91 Å². The van der Waals surface area contributed by atoms with Crippen LogP contribution < -0.4 is 10.0 Å². The number of carbonyl (C=O) groups excluding carboxylic acids is 1. The molecule has 1 amide bonds. The fourth-order valence-electron chi connectivity index (χ4n) is 13.6. The average Bonchev–Trinajstić information content (AvgIpc) is 3.97. The Morgan fingerprint density at radius 3 is 2.29 bits per heavy atom. The Labute approximate surface area is 352 Å². The van der Waals surface area contributed by atoms with Crippen LogP contribution in [0.1, 0.15) is 147 Å². The van der Waals surface area contributed by atoms with Gasteiger partial charge in [-0.25, -0.2) is 21.6 Å².